The van der Waals surface area contributed by atoms with E-state index in [0.29, 0.717) is 0 Å². The van der Waals surface area contributed by atoms with Crippen molar-refractivity contribution in [1.82, 2.24) is 4.90 Å². The van der Waals surface area contributed by atoms with E-state index in [1.54, 1.807) is 0 Å². The van der Waals surface area contributed by atoms with Gasteiger partial charge in [-0.05, 0) is 37.8 Å². The average molecular weight is 222 g/mol. The molecule has 2 heteroatoms. The summed E-state index contributed by atoms with van der Waals surface area (Å²) >= 11 is 0. The van der Waals surface area contributed by atoms with Crippen molar-refractivity contribution in [2.75, 3.05) is 20.6 Å². The summed E-state index contributed by atoms with van der Waals surface area (Å²) < 4.78 is 0. The molecule has 0 aromatic carbocycles. The van der Waals surface area contributed by atoms with E-state index in [1.165, 1.54) is 24.1 Å². The van der Waals surface area contributed by atoms with Gasteiger partial charge in [0, 0.05) is 32.6 Å². The van der Waals surface area contributed by atoms with E-state index in [4.69, 9.17) is 0 Å². The van der Waals surface area contributed by atoms with Crippen LogP contribution < -0.4 is 0 Å². The predicted molar refractivity (Wildman–Crippen MR) is 74.1 cm³/mol. The van der Waals surface area contributed by atoms with Gasteiger partial charge in [-0.3, -0.25) is 4.99 Å². The number of nitrogens with zero attached hydrogens (tertiary/aromatic N) is 2. The molecule has 0 spiro atoms. The van der Waals surface area contributed by atoms with Crippen molar-refractivity contribution >= 4 is 6.21 Å². The first-order valence-corrected chi connectivity index (χ1v) is 6.28. The topological polar surface area (TPSA) is 15.6 Å². The number of hydrogen-bond donors (Lipinski definition) is 0. The monoisotopic (exact) mass is 222 g/mol. The van der Waals surface area contributed by atoms with Crippen LogP contribution in [0.15, 0.2) is 28.4 Å². The maximum absolute atomic E-state index is 4.12. The molecule has 16 heavy (non-hydrogen) atoms. The third kappa shape index (κ3) is 4.65. The molecule has 92 valence electrons. The zero-order valence-corrected chi connectivity index (χ0v) is 11.5. The summed E-state index contributed by atoms with van der Waals surface area (Å²) in [5, 5.41) is 0. The Labute approximate surface area is 101 Å². The second kappa shape index (κ2) is 9.20. The van der Waals surface area contributed by atoms with Crippen molar-refractivity contribution in [3.8, 4) is 0 Å². The van der Waals surface area contributed by atoms with Gasteiger partial charge >= 0.3 is 0 Å². The minimum Gasteiger partial charge on any atom is -0.374 e. The molecule has 1 aliphatic heterocycles. The van der Waals surface area contributed by atoms with Crippen LogP contribution in [0.1, 0.15) is 40.0 Å². The highest BCUT2D eigenvalue weighted by Crippen LogP contribution is 2.20. The van der Waals surface area contributed by atoms with Crippen LogP contribution in [0.4, 0.5) is 0 Å². The summed E-state index contributed by atoms with van der Waals surface area (Å²) in [6.45, 7) is 7.22. The average Bonchev–Trinajstić information content (AvgIpc) is 2.48. The van der Waals surface area contributed by atoms with E-state index in [-0.39, 0.29) is 0 Å². The highest BCUT2D eigenvalue weighted by atomic mass is 15.1. The Bertz CT molecular complexity index is 262. The summed E-state index contributed by atoms with van der Waals surface area (Å²) in [5.41, 5.74) is 2.70. The Morgan fingerprint density at radius 3 is 2.50 bits per heavy atom. The molecule has 0 aromatic rings. The smallest absolute Gasteiger partial charge is 0.0408 e. The highest BCUT2D eigenvalue weighted by Gasteiger charge is 2.11. The lowest BCUT2D eigenvalue weighted by Gasteiger charge is -2.19. The van der Waals surface area contributed by atoms with E-state index >= 15 is 0 Å². The van der Waals surface area contributed by atoms with Crippen LogP contribution in [0.3, 0.4) is 0 Å². The summed E-state index contributed by atoms with van der Waals surface area (Å²) in [6, 6.07) is 0. The van der Waals surface area contributed by atoms with Gasteiger partial charge < -0.3 is 4.90 Å². The highest BCUT2D eigenvalue weighted by molar-refractivity contribution is 5.80. The molecule has 0 N–H and O–H groups in total. The van der Waals surface area contributed by atoms with Crippen LogP contribution >= 0.6 is 0 Å². The summed E-state index contributed by atoms with van der Waals surface area (Å²) in [7, 11) is 4.00. The molecule has 0 bridgehead atoms. The molecule has 0 radical (unpaired) electrons. The van der Waals surface area contributed by atoms with Gasteiger partial charge in [-0.2, -0.15) is 0 Å². The first-order chi connectivity index (χ1) is 7.79. The number of aliphatic imine (C=N–C) groups is 1. The second-order valence-corrected chi connectivity index (χ2v) is 3.68. The number of allylic oxidation sites excluding steroid dienone is 3. The minimum atomic E-state index is 1.15. The van der Waals surface area contributed by atoms with E-state index < -0.39 is 0 Å². The van der Waals surface area contributed by atoms with Crippen LogP contribution in [-0.2, 0) is 0 Å². The molecule has 1 aliphatic rings. The summed E-state index contributed by atoms with van der Waals surface area (Å²) in [5.74, 6) is 0. The van der Waals surface area contributed by atoms with Gasteiger partial charge in [-0.1, -0.05) is 19.9 Å². The maximum Gasteiger partial charge on any atom is 0.0408 e. The number of hydrogen-bond acceptors (Lipinski definition) is 2. The van der Waals surface area contributed by atoms with Gasteiger partial charge in [-0.25, -0.2) is 0 Å². The zero-order chi connectivity index (χ0) is 12.4. The van der Waals surface area contributed by atoms with Crippen molar-refractivity contribution in [1.29, 1.82) is 0 Å². The SMILES string of the molecule is C/C=C\C1=C(C=NC)CCCCN1C.CC. The van der Waals surface area contributed by atoms with Crippen molar-refractivity contribution in [2.24, 2.45) is 4.99 Å². The van der Waals surface area contributed by atoms with Crippen LogP contribution in [-0.4, -0.2) is 31.8 Å². The molecule has 0 unspecified atom stereocenters. The second-order valence-electron chi connectivity index (χ2n) is 3.68. The third-order valence-electron chi connectivity index (χ3n) is 2.54. The van der Waals surface area contributed by atoms with Crippen LogP contribution in [0, 0.1) is 0 Å². The lowest BCUT2D eigenvalue weighted by Crippen LogP contribution is -2.17. The molecular weight excluding hydrogens is 196 g/mol. The van der Waals surface area contributed by atoms with Gasteiger partial charge in [0.05, 0.1) is 0 Å². The largest absolute Gasteiger partial charge is 0.374 e. The van der Waals surface area contributed by atoms with E-state index in [2.05, 4.69) is 36.0 Å². The Morgan fingerprint density at radius 2 is 1.94 bits per heavy atom. The summed E-state index contributed by atoms with van der Waals surface area (Å²) in [4.78, 5) is 6.45. The molecule has 0 saturated heterocycles. The molecule has 0 atom stereocenters. The van der Waals surface area contributed by atoms with Crippen LogP contribution in [0.25, 0.3) is 0 Å². The standard InChI is InChI=1S/C12H20N2.C2H6/c1-4-7-12-11(10-13-2)8-5-6-9-14(12)3;1-2/h4,7,10H,5-6,8-9H2,1-3H3;1-2H3/b7-4-,13-10?;. The molecule has 0 saturated carbocycles. The fraction of sp³-hybridized carbons (Fsp3) is 0.643. The maximum atomic E-state index is 4.12. The molecule has 0 aromatic heterocycles. The third-order valence-corrected chi connectivity index (χ3v) is 2.54. The molecule has 0 fully saturated rings. The Kier molecular flexibility index (Phi) is 8.59. The fourth-order valence-corrected chi connectivity index (χ4v) is 1.84. The van der Waals surface area contributed by atoms with Gasteiger partial charge in [-0.15, -0.1) is 0 Å². The van der Waals surface area contributed by atoms with Crippen molar-refractivity contribution < 1.29 is 0 Å². The van der Waals surface area contributed by atoms with Gasteiger partial charge in [0.2, 0.25) is 0 Å². The van der Waals surface area contributed by atoms with E-state index in [9.17, 15) is 0 Å². The Balaban J connectivity index is 0.00000106. The van der Waals surface area contributed by atoms with E-state index in [0.717, 1.165) is 13.0 Å². The first-order valence-electron chi connectivity index (χ1n) is 6.28. The van der Waals surface area contributed by atoms with Crippen LogP contribution in [0.2, 0.25) is 0 Å². The molecule has 1 rings (SSSR count). The Hall–Kier alpha value is -1.05. The van der Waals surface area contributed by atoms with Gasteiger partial charge in [0.25, 0.3) is 0 Å². The normalized spacial score (nSPS) is 17.7. The molecule has 0 aliphatic carbocycles. The zero-order valence-electron chi connectivity index (χ0n) is 11.5. The first kappa shape index (κ1) is 14.9. The molecular formula is C14H26N2. The number of rotatable bonds is 2. The number of likely N-dealkylation sites (N-methyl/N-ethyl adjacent to an activating group) is 1. The van der Waals surface area contributed by atoms with E-state index in [1.807, 2.05) is 27.1 Å². The van der Waals surface area contributed by atoms with Crippen molar-refractivity contribution in [3.05, 3.63) is 23.4 Å². The lowest BCUT2D eigenvalue weighted by molar-refractivity contribution is 0.426. The molecule has 1 heterocycles. The van der Waals surface area contributed by atoms with Crippen molar-refractivity contribution in [3.63, 3.8) is 0 Å². The minimum absolute atomic E-state index is 1.15. The van der Waals surface area contributed by atoms with Gasteiger partial charge in [0.15, 0.2) is 0 Å². The van der Waals surface area contributed by atoms with Crippen LogP contribution in [0.5, 0.6) is 0 Å². The van der Waals surface area contributed by atoms with Crippen molar-refractivity contribution in [2.45, 2.75) is 40.0 Å². The Morgan fingerprint density at radius 1 is 1.25 bits per heavy atom. The quantitative estimate of drug-likeness (QED) is 0.651. The molecule has 2 nitrogen and oxygen atoms in total. The lowest BCUT2D eigenvalue weighted by atomic mass is 10.1. The van der Waals surface area contributed by atoms with Gasteiger partial charge in [0.1, 0.15) is 0 Å². The predicted octanol–water partition coefficient (Wildman–Crippen LogP) is 3.66. The summed E-state index contributed by atoms with van der Waals surface area (Å²) in [6.07, 6.45) is 9.98. The molecule has 0 amide bonds. The fourth-order valence-electron chi connectivity index (χ4n) is 1.84.